The number of rotatable bonds is 7. The van der Waals surface area contributed by atoms with Gasteiger partial charge in [-0.25, -0.2) is 13.8 Å². The molecule has 2 fully saturated rings. The molecule has 0 bridgehead atoms. The van der Waals surface area contributed by atoms with E-state index < -0.39 is 6.43 Å². The Labute approximate surface area is 219 Å². The number of alkyl halides is 2. The number of likely N-dealkylation sites (tertiary alicyclic amines) is 1. The lowest BCUT2D eigenvalue weighted by atomic mass is 10.1. The molecular formula is C27H30F2N8O. The van der Waals surface area contributed by atoms with Crippen molar-refractivity contribution in [3.8, 4) is 5.82 Å². The number of fused-ring (bicyclic) bond motifs is 1. The first-order valence-corrected chi connectivity index (χ1v) is 13.1. The molecule has 0 amide bonds. The molecule has 0 atom stereocenters. The van der Waals surface area contributed by atoms with Crippen LogP contribution in [0.15, 0.2) is 48.7 Å². The molecule has 38 heavy (non-hydrogen) atoms. The second kappa shape index (κ2) is 11.0. The topological polar surface area (TPSA) is 84.2 Å². The van der Waals surface area contributed by atoms with Crippen molar-refractivity contribution >= 4 is 28.5 Å². The van der Waals surface area contributed by atoms with Gasteiger partial charge in [-0.15, -0.1) is 0 Å². The summed E-state index contributed by atoms with van der Waals surface area (Å²) in [6, 6.07) is 12.8. The zero-order valence-electron chi connectivity index (χ0n) is 21.1. The van der Waals surface area contributed by atoms with Gasteiger partial charge in [-0.05, 0) is 50.2 Å². The molecule has 0 radical (unpaired) electrons. The van der Waals surface area contributed by atoms with E-state index in [0.717, 1.165) is 31.0 Å². The van der Waals surface area contributed by atoms with E-state index in [9.17, 15) is 8.78 Å². The van der Waals surface area contributed by atoms with E-state index in [1.807, 2.05) is 12.1 Å². The average molecular weight is 521 g/mol. The largest absolute Gasteiger partial charge is 0.378 e. The third-order valence-electron chi connectivity index (χ3n) is 6.96. The highest BCUT2D eigenvalue weighted by molar-refractivity contribution is 5.78. The zero-order valence-corrected chi connectivity index (χ0v) is 21.1. The van der Waals surface area contributed by atoms with Gasteiger partial charge in [0, 0.05) is 25.7 Å². The molecule has 0 spiro atoms. The van der Waals surface area contributed by atoms with Crippen molar-refractivity contribution in [1.82, 2.24) is 29.4 Å². The molecule has 11 heteroatoms. The molecule has 0 unspecified atom stereocenters. The molecule has 4 aromatic rings. The summed E-state index contributed by atoms with van der Waals surface area (Å²) in [6.45, 7) is 5.48. The predicted molar refractivity (Wildman–Crippen MR) is 141 cm³/mol. The number of halogens is 2. The predicted octanol–water partition coefficient (Wildman–Crippen LogP) is 4.71. The van der Waals surface area contributed by atoms with Crippen molar-refractivity contribution in [1.29, 1.82) is 0 Å². The molecule has 5 heterocycles. The van der Waals surface area contributed by atoms with Gasteiger partial charge in [-0.3, -0.25) is 14.5 Å². The average Bonchev–Trinajstić information content (AvgIpc) is 3.35. The van der Waals surface area contributed by atoms with E-state index in [1.165, 1.54) is 23.8 Å². The Morgan fingerprint density at radius 2 is 1.68 bits per heavy atom. The molecule has 2 aliphatic rings. The summed E-state index contributed by atoms with van der Waals surface area (Å²) in [7, 11) is 0. The number of piperidine rings is 1. The number of nitrogens with zero attached hydrogens (tertiary/aromatic N) is 7. The third kappa shape index (κ3) is 5.30. The van der Waals surface area contributed by atoms with Crippen LogP contribution in [0.4, 0.5) is 26.2 Å². The van der Waals surface area contributed by atoms with Crippen LogP contribution in [0, 0.1) is 0 Å². The smallest absolute Gasteiger partial charge is 0.296 e. The van der Waals surface area contributed by atoms with Crippen LogP contribution < -0.4 is 10.2 Å². The van der Waals surface area contributed by atoms with E-state index in [4.69, 9.17) is 9.72 Å². The maximum Gasteiger partial charge on any atom is 0.296 e. The second-order valence-electron chi connectivity index (χ2n) is 9.60. The van der Waals surface area contributed by atoms with Gasteiger partial charge in [0.25, 0.3) is 6.43 Å². The van der Waals surface area contributed by atoms with E-state index in [-0.39, 0.29) is 5.82 Å². The van der Waals surface area contributed by atoms with Crippen LogP contribution in [0.25, 0.3) is 16.9 Å². The number of hydrogen-bond donors (Lipinski definition) is 1. The molecular weight excluding hydrogens is 490 g/mol. The second-order valence-corrected chi connectivity index (χ2v) is 9.60. The lowest BCUT2D eigenvalue weighted by Crippen LogP contribution is -2.37. The third-order valence-corrected chi connectivity index (χ3v) is 6.96. The Morgan fingerprint density at radius 1 is 0.895 bits per heavy atom. The fraction of sp³-hybridized carbons (Fsp3) is 0.407. The minimum Gasteiger partial charge on any atom is -0.378 e. The quantitative estimate of drug-likeness (QED) is 0.375. The number of anilines is 3. The summed E-state index contributed by atoms with van der Waals surface area (Å²) >= 11 is 0. The first-order chi connectivity index (χ1) is 18.6. The monoisotopic (exact) mass is 520 g/mol. The Balaban J connectivity index is 1.34. The summed E-state index contributed by atoms with van der Waals surface area (Å²) < 4.78 is 35.1. The van der Waals surface area contributed by atoms with E-state index in [0.29, 0.717) is 54.9 Å². The van der Waals surface area contributed by atoms with Crippen molar-refractivity contribution in [2.75, 3.05) is 49.6 Å². The van der Waals surface area contributed by atoms with Crippen molar-refractivity contribution in [3.63, 3.8) is 0 Å². The minimum absolute atomic E-state index is 0.299. The van der Waals surface area contributed by atoms with Crippen molar-refractivity contribution < 1.29 is 13.5 Å². The fourth-order valence-corrected chi connectivity index (χ4v) is 5.05. The van der Waals surface area contributed by atoms with Gasteiger partial charge in [0.05, 0.1) is 41.8 Å². The van der Waals surface area contributed by atoms with Gasteiger partial charge in [-0.1, -0.05) is 18.6 Å². The van der Waals surface area contributed by atoms with Crippen molar-refractivity contribution in [2.45, 2.75) is 32.2 Å². The van der Waals surface area contributed by atoms with Crippen LogP contribution >= 0.6 is 0 Å². The SMILES string of the molecule is FC(F)c1nc2ccccc2n1-c1cc(N2CCOCC2)nc(Nc2ccc(CN3CCCCC3)nc2)n1. The maximum absolute atomic E-state index is 14.1. The molecule has 6 rings (SSSR count). The molecule has 0 saturated carbocycles. The maximum atomic E-state index is 14.1. The van der Waals surface area contributed by atoms with Gasteiger partial charge < -0.3 is 15.0 Å². The Kier molecular flexibility index (Phi) is 7.10. The van der Waals surface area contributed by atoms with Crippen LogP contribution in [-0.2, 0) is 11.3 Å². The molecule has 2 saturated heterocycles. The summed E-state index contributed by atoms with van der Waals surface area (Å²) in [5.41, 5.74) is 2.77. The zero-order chi connectivity index (χ0) is 25.9. The van der Waals surface area contributed by atoms with Gasteiger partial charge in [-0.2, -0.15) is 9.97 Å². The van der Waals surface area contributed by atoms with Crippen LogP contribution in [0.2, 0.25) is 0 Å². The van der Waals surface area contributed by atoms with Crippen LogP contribution in [-0.4, -0.2) is 68.8 Å². The molecule has 1 aromatic carbocycles. The number of aromatic nitrogens is 5. The molecule has 9 nitrogen and oxygen atoms in total. The van der Waals surface area contributed by atoms with Gasteiger partial charge in [0.2, 0.25) is 5.95 Å². The lowest BCUT2D eigenvalue weighted by Gasteiger charge is -2.28. The van der Waals surface area contributed by atoms with Crippen LogP contribution in [0.5, 0.6) is 0 Å². The number of hydrogen-bond acceptors (Lipinski definition) is 8. The number of benzene rings is 1. The standard InChI is InChI=1S/C27H30F2N8O/c28-25(29)26-32-21-6-2-3-7-22(21)37(26)24-16-23(36-12-14-38-15-13-36)33-27(34-24)31-19-8-9-20(30-17-19)18-35-10-4-1-5-11-35/h2-3,6-9,16-17,25H,1,4-5,10-15,18H2,(H,31,33,34). The highest BCUT2D eigenvalue weighted by Gasteiger charge is 2.23. The van der Waals surface area contributed by atoms with Crippen LogP contribution in [0.1, 0.15) is 37.2 Å². The number of imidazole rings is 1. The summed E-state index contributed by atoms with van der Waals surface area (Å²) in [4.78, 5) is 22.7. The Morgan fingerprint density at radius 3 is 2.45 bits per heavy atom. The van der Waals surface area contributed by atoms with Gasteiger partial charge in [0.1, 0.15) is 11.6 Å². The Bertz CT molecular complexity index is 1380. The normalized spacial score (nSPS) is 16.9. The fourth-order valence-electron chi connectivity index (χ4n) is 5.05. The Hall–Kier alpha value is -3.70. The summed E-state index contributed by atoms with van der Waals surface area (Å²) in [6.07, 6.45) is 2.76. The molecule has 0 aliphatic carbocycles. The highest BCUT2D eigenvalue weighted by atomic mass is 19.3. The van der Waals surface area contributed by atoms with E-state index in [1.54, 1.807) is 36.5 Å². The summed E-state index contributed by atoms with van der Waals surface area (Å²) in [5.74, 6) is 0.899. The number of morpholine rings is 1. The molecule has 198 valence electrons. The van der Waals surface area contributed by atoms with Crippen molar-refractivity contribution in [3.05, 3.63) is 60.2 Å². The van der Waals surface area contributed by atoms with Gasteiger partial charge in [0.15, 0.2) is 5.82 Å². The first-order valence-electron chi connectivity index (χ1n) is 13.1. The number of pyridine rings is 1. The summed E-state index contributed by atoms with van der Waals surface area (Å²) in [5, 5.41) is 3.24. The number of ether oxygens (including phenoxy) is 1. The number of para-hydroxylation sites is 2. The van der Waals surface area contributed by atoms with Gasteiger partial charge >= 0.3 is 0 Å². The van der Waals surface area contributed by atoms with Crippen molar-refractivity contribution in [2.24, 2.45) is 0 Å². The lowest BCUT2D eigenvalue weighted by molar-refractivity contribution is 0.122. The highest BCUT2D eigenvalue weighted by Crippen LogP contribution is 2.29. The number of nitrogens with one attached hydrogen (secondary N) is 1. The molecule has 2 aliphatic heterocycles. The first kappa shape index (κ1) is 24.6. The van der Waals surface area contributed by atoms with E-state index >= 15 is 0 Å². The molecule has 1 N–H and O–H groups in total. The van der Waals surface area contributed by atoms with E-state index in [2.05, 4.69) is 30.1 Å². The minimum atomic E-state index is -2.77. The molecule has 3 aromatic heterocycles. The van der Waals surface area contributed by atoms with Crippen LogP contribution in [0.3, 0.4) is 0 Å².